The van der Waals surface area contributed by atoms with Gasteiger partial charge in [0.2, 0.25) is 5.91 Å². The highest BCUT2D eigenvalue weighted by Gasteiger charge is 2.17. The summed E-state index contributed by atoms with van der Waals surface area (Å²) in [6.45, 7) is 4.17. The molecule has 0 radical (unpaired) electrons. The summed E-state index contributed by atoms with van der Waals surface area (Å²) in [7, 11) is 0. The third kappa shape index (κ3) is 5.49. The van der Waals surface area contributed by atoms with Crippen molar-refractivity contribution in [3.63, 3.8) is 0 Å². The van der Waals surface area contributed by atoms with E-state index in [1.54, 1.807) is 24.3 Å². The normalized spacial score (nSPS) is 11.3. The van der Waals surface area contributed by atoms with E-state index in [0.717, 1.165) is 0 Å². The first kappa shape index (κ1) is 15.0. The monoisotopic (exact) mass is 270 g/mol. The number of benzene rings is 1. The first-order chi connectivity index (χ1) is 8.43. The van der Waals surface area contributed by atoms with Crippen LogP contribution in [0.3, 0.4) is 0 Å². The quantitative estimate of drug-likeness (QED) is 0.741. The van der Waals surface area contributed by atoms with E-state index in [2.05, 4.69) is 10.6 Å². The number of carbonyl (C=O) groups is 1. The van der Waals surface area contributed by atoms with Gasteiger partial charge in [0.1, 0.15) is 0 Å². The van der Waals surface area contributed by atoms with E-state index in [9.17, 15) is 4.79 Å². The Labute approximate surface area is 112 Å². The van der Waals surface area contributed by atoms with Gasteiger partial charge in [-0.05, 0) is 38.5 Å². The van der Waals surface area contributed by atoms with Gasteiger partial charge < -0.3 is 15.7 Å². The van der Waals surface area contributed by atoms with Crippen LogP contribution in [0, 0.1) is 0 Å². The molecule has 0 aliphatic heterocycles. The summed E-state index contributed by atoms with van der Waals surface area (Å²) in [5, 5.41) is 15.3. The Morgan fingerprint density at radius 1 is 1.44 bits per heavy atom. The Morgan fingerprint density at radius 2 is 2.17 bits per heavy atom. The molecule has 1 aromatic rings. The second kappa shape index (κ2) is 6.73. The van der Waals surface area contributed by atoms with Crippen molar-refractivity contribution in [1.82, 2.24) is 5.32 Å². The molecule has 1 rings (SSSR count). The number of anilines is 1. The highest BCUT2D eigenvalue weighted by molar-refractivity contribution is 6.30. The molecule has 0 aliphatic rings. The van der Waals surface area contributed by atoms with Gasteiger partial charge in [0.15, 0.2) is 0 Å². The lowest BCUT2D eigenvalue weighted by atomic mass is 10.0. The summed E-state index contributed by atoms with van der Waals surface area (Å²) >= 11 is 5.82. The summed E-state index contributed by atoms with van der Waals surface area (Å²) in [5.74, 6) is -0.136. The topological polar surface area (TPSA) is 61.4 Å². The second-order valence-corrected chi connectivity index (χ2v) is 5.21. The molecule has 0 aliphatic carbocycles. The number of rotatable bonds is 6. The van der Waals surface area contributed by atoms with Crippen molar-refractivity contribution in [1.29, 1.82) is 0 Å². The number of amides is 1. The second-order valence-electron chi connectivity index (χ2n) is 4.77. The maximum atomic E-state index is 11.7. The number of carbonyl (C=O) groups excluding carboxylic acids is 1. The average Bonchev–Trinajstić information content (AvgIpc) is 2.26. The first-order valence-electron chi connectivity index (χ1n) is 5.84. The van der Waals surface area contributed by atoms with Crippen molar-refractivity contribution in [2.24, 2.45) is 0 Å². The highest BCUT2D eigenvalue weighted by Crippen LogP contribution is 2.14. The molecule has 5 heteroatoms. The number of aliphatic hydroxyl groups is 1. The molecule has 3 N–H and O–H groups in total. The molecule has 0 saturated heterocycles. The molecule has 4 nitrogen and oxygen atoms in total. The largest absolute Gasteiger partial charge is 0.396 e. The maximum absolute atomic E-state index is 11.7. The fourth-order valence-electron chi connectivity index (χ4n) is 1.46. The standard InChI is InChI=1S/C13H19ClN2O2/c1-13(2,6-7-17)15-9-12(18)16-11-5-3-4-10(14)8-11/h3-5,8,15,17H,6-7,9H2,1-2H3,(H,16,18). The zero-order valence-corrected chi connectivity index (χ0v) is 11.4. The van der Waals surface area contributed by atoms with E-state index in [4.69, 9.17) is 16.7 Å². The molecular weight excluding hydrogens is 252 g/mol. The minimum absolute atomic E-state index is 0.0932. The van der Waals surface area contributed by atoms with Crippen LogP contribution in [0.25, 0.3) is 0 Å². The molecular formula is C13H19ClN2O2. The summed E-state index contributed by atoms with van der Waals surface area (Å²) in [5.41, 5.74) is 0.412. The van der Waals surface area contributed by atoms with E-state index in [1.807, 2.05) is 13.8 Å². The fraction of sp³-hybridized carbons (Fsp3) is 0.462. The minimum Gasteiger partial charge on any atom is -0.396 e. The van der Waals surface area contributed by atoms with Crippen LogP contribution >= 0.6 is 11.6 Å². The van der Waals surface area contributed by atoms with Crippen LogP contribution in [0.5, 0.6) is 0 Å². The van der Waals surface area contributed by atoms with Gasteiger partial charge in [-0.25, -0.2) is 0 Å². The first-order valence-corrected chi connectivity index (χ1v) is 6.22. The maximum Gasteiger partial charge on any atom is 0.238 e. The van der Waals surface area contributed by atoms with Crippen LogP contribution in [0.2, 0.25) is 5.02 Å². The van der Waals surface area contributed by atoms with Gasteiger partial charge in [-0.1, -0.05) is 17.7 Å². The van der Waals surface area contributed by atoms with E-state index in [1.165, 1.54) is 0 Å². The molecule has 1 amide bonds. The van der Waals surface area contributed by atoms with Crippen molar-refractivity contribution in [3.05, 3.63) is 29.3 Å². The molecule has 1 aromatic carbocycles. The Balaban J connectivity index is 2.43. The van der Waals surface area contributed by atoms with E-state index in [0.29, 0.717) is 17.1 Å². The Bertz CT molecular complexity index is 408. The summed E-state index contributed by atoms with van der Waals surface area (Å²) in [6.07, 6.45) is 0.595. The molecule has 0 atom stereocenters. The third-order valence-electron chi connectivity index (χ3n) is 2.57. The molecule has 0 saturated carbocycles. The third-order valence-corrected chi connectivity index (χ3v) is 2.81. The van der Waals surface area contributed by atoms with Gasteiger partial charge in [0.25, 0.3) is 0 Å². The number of hydrogen-bond donors (Lipinski definition) is 3. The lowest BCUT2D eigenvalue weighted by molar-refractivity contribution is -0.115. The number of hydrogen-bond acceptors (Lipinski definition) is 3. The highest BCUT2D eigenvalue weighted by atomic mass is 35.5. The lowest BCUT2D eigenvalue weighted by Crippen LogP contribution is -2.44. The van der Waals surface area contributed by atoms with Crippen LogP contribution in [0.15, 0.2) is 24.3 Å². The zero-order valence-electron chi connectivity index (χ0n) is 10.7. The van der Waals surface area contributed by atoms with Crippen LogP contribution in [-0.2, 0) is 4.79 Å². The van der Waals surface area contributed by atoms with Gasteiger partial charge in [-0.3, -0.25) is 4.79 Å². The molecule has 0 fully saturated rings. The smallest absolute Gasteiger partial charge is 0.238 e. The molecule has 18 heavy (non-hydrogen) atoms. The number of halogens is 1. The van der Waals surface area contributed by atoms with E-state index < -0.39 is 0 Å². The minimum atomic E-state index is -0.263. The van der Waals surface area contributed by atoms with Crippen molar-refractivity contribution in [2.45, 2.75) is 25.8 Å². The summed E-state index contributed by atoms with van der Waals surface area (Å²) < 4.78 is 0. The van der Waals surface area contributed by atoms with Gasteiger partial charge in [-0.2, -0.15) is 0 Å². The van der Waals surface area contributed by atoms with Crippen molar-refractivity contribution >= 4 is 23.2 Å². The summed E-state index contributed by atoms with van der Waals surface area (Å²) in [4.78, 5) is 11.7. The predicted octanol–water partition coefficient (Wildman–Crippen LogP) is 2.03. The van der Waals surface area contributed by atoms with Gasteiger partial charge in [0.05, 0.1) is 6.54 Å². The average molecular weight is 271 g/mol. The van der Waals surface area contributed by atoms with E-state index >= 15 is 0 Å². The Hall–Kier alpha value is -1.10. The molecule has 0 aromatic heterocycles. The molecule has 0 spiro atoms. The lowest BCUT2D eigenvalue weighted by Gasteiger charge is -2.25. The van der Waals surface area contributed by atoms with Crippen molar-refractivity contribution in [2.75, 3.05) is 18.5 Å². The number of nitrogens with one attached hydrogen (secondary N) is 2. The van der Waals surface area contributed by atoms with Crippen LogP contribution in [-0.4, -0.2) is 29.7 Å². The number of aliphatic hydroxyl groups excluding tert-OH is 1. The Morgan fingerprint density at radius 3 is 2.78 bits per heavy atom. The molecule has 0 unspecified atom stereocenters. The van der Waals surface area contributed by atoms with Crippen LogP contribution in [0.4, 0.5) is 5.69 Å². The zero-order chi connectivity index (χ0) is 13.6. The van der Waals surface area contributed by atoms with Crippen LogP contribution in [0.1, 0.15) is 20.3 Å². The summed E-state index contributed by atoms with van der Waals surface area (Å²) in [6, 6.07) is 7.00. The van der Waals surface area contributed by atoms with E-state index in [-0.39, 0.29) is 24.6 Å². The fourth-order valence-corrected chi connectivity index (χ4v) is 1.65. The van der Waals surface area contributed by atoms with Gasteiger partial charge in [-0.15, -0.1) is 0 Å². The SMILES string of the molecule is CC(C)(CCO)NCC(=O)Nc1cccc(Cl)c1. The van der Waals surface area contributed by atoms with Gasteiger partial charge in [0, 0.05) is 22.9 Å². The van der Waals surface area contributed by atoms with Gasteiger partial charge >= 0.3 is 0 Å². The van der Waals surface area contributed by atoms with Crippen molar-refractivity contribution in [3.8, 4) is 0 Å². The molecule has 0 heterocycles. The van der Waals surface area contributed by atoms with Crippen molar-refractivity contribution < 1.29 is 9.90 Å². The predicted molar refractivity (Wildman–Crippen MR) is 73.9 cm³/mol. The van der Waals surface area contributed by atoms with Crippen LogP contribution < -0.4 is 10.6 Å². The molecule has 0 bridgehead atoms. The Kier molecular flexibility index (Phi) is 5.59. The molecule has 100 valence electrons.